The van der Waals surface area contributed by atoms with Gasteiger partial charge >= 0.3 is 0 Å². The smallest absolute Gasteiger partial charge is 0.246 e. The lowest BCUT2D eigenvalue weighted by molar-refractivity contribution is -0.148. The molecule has 0 spiro atoms. The minimum absolute atomic E-state index is 0.0929. The van der Waals surface area contributed by atoms with Gasteiger partial charge in [-0.2, -0.15) is 0 Å². The Balaban J connectivity index is 1.69. The van der Waals surface area contributed by atoms with E-state index in [1.807, 2.05) is 72.8 Å². The van der Waals surface area contributed by atoms with Crippen molar-refractivity contribution in [3.8, 4) is 0 Å². The Morgan fingerprint density at radius 3 is 2.07 bits per heavy atom. The molecule has 0 aliphatic heterocycles. The number of nitrogens with two attached hydrogens (primary N) is 2. The molecule has 1 aromatic heterocycles. The first-order chi connectivity index (χ1) is 21.3. The van der Waals surface area contributed by atoms with Gasteiger partial charge in [0.2, 0.25) is 23.6 Å². The maximum Gasteiger partial charge on any atom is 0.246 e. The average Bonchev–Trinajstić information content (AvgIpc) is 3.54. The van der Waals surface area contributed by atoms with Gasteiger partial charge in [-0.1, -0.05) is 72.8 Å². The summed E-state index contributed by atoms with van der Waals surface area (Å²) in [5.74, 6) is -2.17. The largest absolute Gasteiger partial charge is 0.368 e. The van der Waals surface area contributed by atoms with E-state index in [9.17, 15) is 19.2 Å². The first kappa shape index (κ1) is 32.9. The normalized spacial score (nSPS) is 13.4. The number of carbonyl (C=O) groups is 4. The van der Waals surface area contributed by atoms with Crippen molar-refractivity contribution in [2.75, 3.05) is 14.1 Å². The summed E-state index contributed by atoms with van der Waals surface area (Å²) in [6.45, 7) is 3.09. The Morgan fingerprint density at radius 2 is 1.44 bits per heavy atom. The second kappa shape index (κ2) is 14.2. The van der Waals surface area contributed by atoms with Crippen LogP contribution in [-0.4, -0.2) is 81.2 Å². The summed E-state index contributed by atoms with van der Waals surface area (Å²) in [6, 6.07) is 19.9. The predicted octanol–water partition coefficient (Wildman–Crippen LogP) is 1.95. The predicted molar refractivity (Wildman–Crippen MR) is 173 cm³/mol. The fraction of sp³-hybridized carbons (Fsp3) is 0.324. The zero-order valence-electron chi connectivity index (χ0n) is 26.1. The molecule has 0 aliphatic carbocycles. The number of amides is 4. The van der Waals surface area contributed by atoms with Gasteiger partial charge in [-0.25, -0.2) is 4.98 Å². The minimum atomic E-state index is -1.25. The van der Waals surface area contributed by atoms with Crippen LogP contribution in [0.2, 0.25) is 0 Å². The molecule has 6 N–H and O–H groups in total. The van der Waals surface area contributed by atoms with E-state index in [4.69, 9.17) is 11.5 Å². The summed E-state index contributed by atoms with van der Waals surface area (Å²) in [5.41, 5.74) is 12.9. The number of hydrogen-bond donors (Lipinski definition) is 4. The van der Waals surface area contributed by atoms with E-state index < -0.39 is 47.3 Å². The van der Waals surface area contributed by atoms with Gasteiger partial charge in [-0.3, -0.25) is 19.2 Å². The highest BCUT2D eigenvalue weighted by molar-refractivity contribution is 5.95. The van der Waals surface area contributed by atoms with Crippen molar-refractivity contribution < 1.29 is 19.2 Å². The van der Waals surface area contributed by atoms with Gasteiger partial charge in [0.15, 0.2) is 0 Å². The number of nitrogens with zero attached hydrogens (tertiary/aromatic N) is 3. The van der Waals surface area contributed by atoms with Crippen LogP contribution in [0.5, 0.6) is 0 Å². The Hall–Kier alpha value is -5.03. The van der Waals surface area contributed by atoms with Gasteiger partial charge < -0.3 is 31.6 Å². The third kappa shape index (κ3) is 8.33. The number of H-pyrrole nitrogens is 1. The van der Waals surface area contributed by atoms with Crippen LogP contribution in [0, 0.1) is 0 Å². The standard InChI is InChI=1S/C34H41N7O4/c1-34(2,36)33(45)39-27(19-26-20-37-21-38-26)31(43)41(4)29(18-23-14-15-24-12-8-9-13-25(24)16-23)32(44)40(3)28(30(35)42)17-22-10-6-5-7-11-22/h5-16,20-21,27-29H,17-19,36H2,1-4H3,(H2,35,42)(H,37,38)(H,39,45)/t27-,28+,29+/m0/s1. The van der Waals surface area contributed by atoms with Crippen LogP contribution in [0.25, 0.3) is 10.8 Å². The Morgan fingerprint density at radius 1 is 0.822 bits per heavy atom. The van der Waals surface area contributed by atoms with Crippen LogP contribution in [0.15, 0.2) is 85.3 Å². The molecule has 4 aromatic rings. The Kier molecular flexibility index (Phi) is 10.4. The molecule has 236 valence electrons. The number of hydrogen-bond acceptors (Lipinski definition) is 6. The molecule has 0 aliphatic rings. The van der Waals surface area contributed by atoms with Gasteiger partial charge in [0.05, 0.1) is 11.9 Å². The number of benzene rings is 3. The van der Waals surface area contributed by atoms with Crippen molar-refractivity contribution in [3.05, 3.63) is 102 Å². The molecule has 0 radical (unpaired) electrons. The number of likely N-dealkylation sites (N-methyl/N-ethyl adjacent to an activating group) is 2. The third-order valence-electron chi connectivity index (χ3n) is 7.93. The van der Waals surface area contributed by atoms with Crippen molar-refractivity contribution in [2.24, 2.45) is 11.5 Å². The van der Waals surface area contributed by atoms with Crippen LogP contribution in [-0.2, 0) is 38.4 Å². The zero-order valence-corrected chi connectivity index (χ0v) is 26.1. The second-order valence-corrected chi connectivity index (χ2v) is 11.9. The third-order valence-corrected chi connectivity index (χ3v) is 7.93. The molecule has 11 nitrogen and oxygen atoms in total. The van der Waals surface area contributed by atoms with E-state index in [2.05, 4.69) is 15.3 Å². The van der Waals surface area contributed by atoms with Crippen molar-refractivity contribution in [1.82, 2.24) is 25.1 Å². The molecular formula is C34H41N7O4. The molecule has 0 unspecified atom stereocenters. The lowest BCUT2D eigenvalue weighted by Gasteiger charge is -2.36. The number of aromatic nitrogens is 2. The summed E-state index contributed by atoms with van der Waals surface area (Å²) in [6.07, 6.45) is 3.50. The maximum absolute atomic E-state index is 14.3. The fourth-order valence-electron chi connectivity index (χ4n) is 5.19. The molecule has 0 saturated heterocycles. The molecule has 0 saturated carbocycles. The molecule has 1 heterocycles. The second-order valence-electron chi connectivity index (χ2n) is 11.9. The van der Waals surface area contributed by atoms with E-state index in [1.54, 1.807) is 20.0 Å². The van der Waals surface area contributed by atoms with Crippen LogP contribution in [0.3, 0.4) is 0 Å². The Labute approximate surface area is 263 Å². The molecule has 3 aromatic carbocycles. The van der Waals surface area contributed by atoms with Gasteiger partial charge in [-0.05, 0) is 35.7 Å². The molecule has 11 heteroatoms. The number of rotatable bonds is 13. The molecule has 4 amide bonds. The van der Waals surface area contributed by atoms with Crippen molar-refractivity contribution in [2.45, 2.75) is 56.8 Å². The van der Waals surface area contributed by atoms with E-state index in [0.29, 0.717) is 5.69 Å². The SMILES string of the molecule is CN(C(=O)[C@H](Cc1cnc[nH]1)NC(=O)C(C)(C)N)[C@H](Cc1ccc2ccccc2c1)C(=O)N(C)[C@H](Cc1ccccc1)C(N)=O. The Bertz CT molecular complexity index is 1630. The molecule has 3 atom stereocenters. The molecule has 4 rings (SSSR count). The zero-order chi connectivity index (χ0) is 32.7. The first-order valence-corrected chi connectivity index (χ1v) is 14.8. The van der Waals surface area contributed by atoms with Gasteiger partial charge in [0.1, 0.15) is 18.1 Å². The summed E-state index contributed by atoms with van der Waals surface area (Å²) in [4.78, 5) is 63.7. The lowest BCUT2D eigenvalue weighted by Crippen LogP contribution is -2.60. The molecule has 45 heavy (non-hydrogen) atoms. The number of carbonyl (C=O) groups excluding carboxylic acids is 4. The number of primary amides is 1. The fourth-order valence-corrected chi connectivity index (χ4v) is 5.19. The quantitative estimate of drug-likeness (QED) is 0.180. The summed E-state index contributed by atoms with van der Waals surface area (Å²) in [7, 11) is 3.04. The number of aromatic amines is 1. The lowest BCUT2D eigenvalue weighted by atomic mass is 9.97. The topological polar surface area (TPSA) is 168 Å². The number of nitrogens with one attached hydrogen (secondary N) is 2. The highest BCUT2D eigenvalue weighted by Gasteiger charge is 2.38. The maximum atomic E-state index is 14.3. The highest BCUT2D eigenvalue weighted by atomic mass is 16.2. The first-order valence-electron chi connectivity index (χ1n) is 14.8. The van der Waals surface area contributed by atoms with Gasteiger partial charge in [-0.15, -0.1) is 0 Å². The van der Waals surface area contributed by atoms with E-state index in [0.717, 1.165) is 21.9 Å². The van der Waals surface area contributed by atoms with Crippen molar-refractivity contribution in [1.29, 1.82) is 0 Å². The van der Waals surface area contributed by atoms with E-state index in [-0.39, 0.29) is 19.3 Å². The summed E-state index contributed by atoms with van der Waals surface area (Å²) >= 11 is 0. The summed E-state index contributed by atoms with van der Waals surface area (Å²) in [5, 5.41) is 4.78. The number of imidazole rings is 1. The average molecular weight is 612 g/mol. The number of fused-ring (bicyclic) bond motifs is 1. The van der Waals surface area contributed by atoms with Crippen molar-refractivity contribution >= 4 is 34.4 Å². The van der Waals surface area contributed by atoms with E-state index in [1.165, 1.54) is 30.2 Å². The van der Waals surface area contributed by atoms with E-state index >= 15 is 0 Å². The van der Waals surface area contributed by atoms with Gasteiger partial charge in [0, 0.05) is 45.2 Å². The van der Waals surface area contributed by atoms with Crippen LogP contribution >= 0.6 is 0 Å². The van der Waals surface area contributed by atoms with Crippen LogP contribution in [0.1, 0.15) is 30.7 Å². The van der Waals surface area contributed by atoms with Gasteiger partial charge in [0.25, 0.3) is 0 Å². The molecule has 0 bridgehead atoms. The summed E-state index contributed by atoms with van der Waals surface area (Å²) < 4.78 is 0. The molecular weight excluding hydrogens is 570 g/mol. The monoisotopic (exact) mass is 611 g/mol. The van der Waals surface area contributed by atoms with Crippen molar-refractivity contribution in [3.63, 3.8) is 0 Å². The minimum Gasteiger partial charge on any atom is -0.368 e. The van der Waals surface area contributed by atoms with Crippen LogP contribution in [0.4, 0.5) is 0 Å². The molecule has 0 fully saturated rings. The van der Waals surface area contributed by atoms with Crippen LogP contribution < -0.4 is 16.8 Å². The highest BCUT2D eigenvalue weighted by Crippen LogP contribution is 2.20.